The van der Waals surface area contributed by atoms with Crippen LogP contribution in [0.2, 0.25) is 0 Å². The highest BCUT2D eigenvalue weighted by Crippen LogP contribution is 2.22. The molecule has 0 bridgehead atoms. The summed E-state index contributed by atoms with van der Waals surface area (Å²) < 4.78 is 38.4. The number of halogens is 3. The van der Waals surface area contributed by atoms with E-state index >= 15 is 0 Å². The molecule has 0 aromatic heterocycles. The van der Waals surface area contributed by atoms with Crippen LogP contribution in [-0.4, -0.2) is 60.1 Å². The molecule has 0 saturated carbocycles. The number of aliphatic hydroxyl groups is 1. The van der Waals surface area contributed by atoms with Crippen LogP contribution in [0, 0.1) is 12.7 Å². The highest BCUT2D eigenvalue weighted by molar-refractivity contribution is 5.28. The first-order valence-corrected chi connectivity index (χ1v) is 8.09. The Bertz CT molecular complexity index is 513. The van der Waals surface area contributed by atoms with E-state index in [4.69, 9.17) is 0 Å². The van der Waals surface area contributed by atoms with Crippen molar-refractivity contribution in [1.29, 1.82) is 0 Å². The fraction of sp³-hybridized carbons (Fsp3) is 0.647. The van der Waals surface area contributed by atoms with Crippen molar-refractivity contribution < 1.29 is 18.3 Å². The first kappa shape index (κ1) is 18.2. The molecule has 1 N–H and O–H groups in total. The maximum absolute atomic E-state index is 13.2. The van der Waals surface area contributed by atoms with Crippen molar-refractivity contribution in [3.05, 3.63) is 35.1 Å². The molecule has 3 nitrogen and oxygen atoms in total. The second kappa shape index (κ2) is 8.13. The van der Waals surface area contributed by atoms with Crippen molar-refractivity contribution >= 4 is 0 Å². The third-order valence-corrected chi connectivity index (χ3v) is 4.55. The normalized spacial score (nSPS) is 21.8. The van der Waals surface area contributed by atoms with Gasteiger partial charge in [0.2, 0.25) is 0 Å². The van der Waals surface area contributed by atoms with Gasteiger partial charge in [0.25, 0.3) is 6.43 Å². The zero-order valence-electron chi connectivity index (χ0n) is 13.7. The van der Waals surface area contributed by atoms with E-state index in [0.29, 0.717) is 26.2 Å². The van der Waals surface area contributed by atoms with Gasteiger partial charge in [-0.3, -0.25) is 9.80 Å². The molecule has 23 heavy (non-hydrogen) atoms. The van der Waals surface area contributed by atoms with E-state index in [2.05, 4.69) is 4.90 Å². The molecule has 1 aliphatic rings. The number of rotatable bonds is 6. The van der Waals surface area contributed by atoms with Crippen molar-refractivity contribution in [2.45, 2.75) is 38.8 Å². The zero-order chi connectivity index (χ0) is 17.0. The van der Waals surface area contributed by atoms with Crippen LogP contribution < -0.4 is 0 Å². The molecule has 1 aromatic carbocycles. The van der Waals surface area contributed by atoms with Crippen LogP contribution in [0.1, 0.15) is 30.6 Å². The van der Waals surface area contributed by atoms with Crippen molar-refractivity contribution in [3.8, 4) is 0 Å². The predicted octanol–water partition coefficient (Wildman–Crippen LogP) is 2.83. The molecule has 6 heteroatoms. The first-order valence-electron chi connectivity index (χ1n) is 8.09. The Morgan fingerprint density at radius 1 is 1.26 bits per heavy atom. The molecular weight excluding hydrogens is 305 g/mol. The fourth-order valence-corrected chi connectivity index (χ4v) is 3.28. The van der Waals surface area contributed by atoms with Gasteiger partial charge in [-0.1, -0.05) is 13.0 Å². The number of hydrogen-bond donors (Lipinski definition) is 1. The van der Waals surface area contributed by atoms with Gasteiger partial charge >= 0.3 is 0 Å². The molecule has 2 unspecified atom stereocenters. The number of β-amino-alcohol motifs (C(OH)–C–C–N with tert-alkyl or cyclic N) is 1. The number of aryl methyl sites for hydroxylation is 1. The van der Waals surface area contributed by atoms with Gasteiger partial charge in [0.15, 0.2) is 0 Å². The van der Waals surface area contributed by atoms with Crippen LogP contribution in [0.25, 0.3) is 0 Å². The van der Waals surface area contributed by atoms with Gasteiger partial charge < -0.3 is 5.11 Å². The Balaban J connectivity index is 1.95. The third kappa shape index (κ3) is 4.93. The molecule has 1 aromatic rings. The molecule has 2 atom stereocenters. The van der Waals surface area contributed by atoms with E-state index < -0.39 is 12.5 Å². The lowest BCUT2D eigenvalue weighted by Crippen LogP contribution is -2.54. The summed E-state index contributed by atoms with van der Waals surface area (Å²) in [6.45, 7) is 5.92. The summed E-state index contributed by atoms with van der Waals surface area (Å²) in [5, 5.41) is 10.4. The van der Waals surface area contributed by atoms with E-state index in [0.717, 1.165) is 17.5 Å². The summed E-state index contributed by atoms with van der Waals surface area (Å²) in [6.07, 6.45) is -2.22. The molecule has 1 saturated heterocycles. The summed E-state index contributed by atoms with van der Waals surface area (Å²) in [7, 11) is 0. The van der Waals surface area contributed by atoms with E-state index in [-0.39, 0.29) is 18.4 Å². The third-order valence-electron chi connectivity index (χ3n) is 4.55. The fourth-order valence-electron chi connectivity index (χ4n) is 3.28. The average Bonchev–Trinajstić information content (AvgIpc) is 2.48. The smallest absolute Gasteiger partial charge is 0.251 e. The lowest BCUT2D eigenvalue weighted by Gasteiger charge is -2.41. The van der Waals surface area contributed by atoms with Crippen LogP contribution in [0.5, 0.6) is 0 Å². The zero-order valence-corrected chi connectivity index (χ0v) is 13.7. The Morgan fingerprint density at radius 2 is 2.00 bits per heavy atom. The Hall–Kier alpha value is -1.11. The maximum Gasteiger partial charge on any atom is 0.251 e. The van der Waals surface area contributed by atoms with Crippen molar-refractivity contribution in [3.63, 3.8) is 0 Å². The summed E-state index contributed by atoms with van der Waals surface area (Å²) >= 11 is 0. The number of piperazine rings is 1. The molecule has 0 radical (unpaired) electrons. The molecule has 1 aliphatic heterocycles. The molecular formula is C17H25F3N2O. The molecule has 1 heterocycles. The number of aliphatic hydroxyl groups excluding tert-OH is 1. The second-order valence-electron chi connectivity index (χ2n) is 6.22. The van der Waals surface area contributed by atoms with Gasteiger partial charge in [0.05, 0.1) is 12.6 Å². The van der Waals surface area contributed by atoms with E-state index in [9.17, 15) is 18.3 Å². The minimum atomic E-state index is -2.32. The number of alkyl halides is 2. The van der Waals surface area contributed by atoms with Gasteiger partial charge in [-0.15, -0.1) is 0 Å². The van der Waals surface area contributed by atoms with Crippen LogP contribution >= 0.6 is 0 Å². The first-order chi connectivity index (χ1) is 10.9. The van der Waals surface area contributed by atoms with Gasteiger partial charge in [0.1, 0.15) is 5.82 Å². The van der Waals surface area contributed by atoms with E-state index in [1.807, 2.05) is 11.8 Å². The Kier molecular flexibility index (Phi) is 6.44. The number of hydrogen-bond acceptors (Lipinski definition) is 3. The van der Waals surface area contributed by atoms with Crippen LogP contribution in [0.4, 0.5) is 13.2 Å². The highest BCUT2D eigenvalue weighted by atomic mass is 19.3. The second-order valence-corrected chi connectivity index (χ2v) is 6.22. The molecule has 1 fully saturated rings. The van der Waals surface area contributed by atoms with E-state index in [1.165, 1.54) is 12.1 Å². The highest BCUT2D eigenvalue weighted by Gasteiger charge is 2.28. The molecule has 2 rings (SSSR count). The predicted molar refractivity (Wildman–Crippen MR) is 84.2 cm³/mol. The summed E-state index contributed by atoms with van der Waals surface area (Å²) in [5.74, 6) is -0.315. The monoisotopic (exact) mass is 330 g/mol. The molecule has 130 valence electrons. The molecule has 0 amide bonds. The van der Waals surface area contributed by atoms with Gasteiger partial charge in [-0.25, -0.2) is 13.2 Å². The van der Waals surface area contributed by atoms with Crippen LogP contribution in [-0.2, 0) is 0 Å². The van der Waals surface area contributed by atoms with Gasteiger partial charge in [-0.2, -0.15) is 0 Å². The van der Waals surface area contributed by atoms with Gasteiger partial charge in [-0.05, 0) is 36.6 Å². The quantitative estimate of drug-likeness (QED) is 0.869. The topological polar surface area (TPSA) is 26.7 Å². The number of nitrogens with zero attached hydrogens (tertiary/aromatic N) is 2. The van der Waals surface area contributed by atoms with Crippen LogP contribution in [0.3, 0.4) is 0 Å². The molecule has 0 spiro atoms. The number of benzene rings is 1. The van der Waals surface area contributed by atoms with Crippen molar-refractivity contribution in [2.24, 2.45) is 0 Å². The summed E-state index contributed by atoms with van der Waals surface area (Å²) in [4.78, 5) is 3.93. The van der Waals surface area contributed by atoms with Crippen molar-refractivity contribution in [2.75, 3.05) is 32.7 Å². The SMILES string of the molecule is CCC1CN(CC(O)c2ccc(F)cc2C)CCN1CC(F)F. The Labute approximate surface area is 135 Å². The van der Waals surface area contributed by atoms with E-state index in [1.54, 1.807) is 13.0 Å². The van der Waals surface area contributed by atoms with Crippen LogP contribution in [0.15, 0.2) is 18.2 Å². The molecule has 0 aliphatic carbocycles. The maximum atomic E-state index is 13.2. The standard InChI is InChI=1S/C17H25F3N2O/c1-3-14-9-21(6-7-22(14)11-17(19)20)10-16(23)15-5-4-13(18)8-12(15)2/h4-5,8,14,16-17,23H,3,6-7,9-11H2,1-2H3. The minimum absolute atomic E-state index is 0.0827. The largest absolute Gasteiger partial charge is 0.387 e. The lowest BCUT2D eigenvalue weighted by molar-refractivity contribution is 0.00478. The summed E-state index contributed by atoms with van der Waals surface area (Å²) in [6, 6.07) is 4.45. The lowest BCUT2D eigenvalue weighted by atomic mass is 10.0. The Morgan fingerprint density at radius 3 is 2.61 bits per heavy atom. The summed E-state index contributed by atoms with van der Waals surface area (Å²) in [5.41, 5.74) is 1.44. The van der Waals surface area contributed by atoms with Crippen molar-refractivity contribution in [1.82, 2.24) is 9.80 Å². The average molecular weight is 330 g/mol. The minimum Gasteiger partial charge on any atom is -0.387 e. The van der Waals surface area contributed by atoms with Gasteiger partial charge in [0, 0.05) is 32.2 Å².